The standard InChI is InChI=1S/C22H17N3O3S/c1-12-7-16-18(8-13(12)2)25-21(28)19(29-22(25)23-16)9-14-10-24(11-20(26)27)17-6-4-3-5-15(14)17/h3-10H,11H2,1-2H3,(H,26,27)/b19-9+. The molecule has 29 heavy (non-hydrogen) atoms. The Labute approximate surface area is 169 Å². The van der Waals surface area contributed by atoms with Gasteiger partial charge in [0.25, 0.3) is 5.56 Å². The Morgan fingerprint density at radius 1 is 1.17 bits per heavy atom. The minimum absolute atomic E-state index is 0.106. The van der Waals surface area contributed by atoms with Gasteiger partial charge in [-0.3, -0.25) is 9.59 Å². The van der Waals surface area contributed by atoms with Crippen LogP contribution in [-0.2, 0) is 11.3 Å². The summed E-state index contributed by atoms with van der Waals surface area (Å²) in [7, 11) is 0. The molecule has 0 unspecified atom stereocenters. The van der Waals surface area contributed by atoms with Gasteiger partial charge in [-0.2, -0.15) is 0 Å². The number of aliphatic carboxylic acids is 1. The second-order valence-electron chi connectivity index (χ2n) is 7.19. The lowest BCUT2D eigenvalue weighted by atomic mass is 10.1. The molecule has 0 amide bonds. The van der Waals surface area contributed by atoms with E-state index in [-0.39, 0.29) is 12.1 Å². The van der Waals surface area contributed by atoms with Crippen LogP contribution in [0.5, 0.6) is 0 Å². The highest BCUT2D eigenvalue weighted by atomic mass is 32.1. The van der Waals surface area contributed by atoms with E-state index >= 15 is 0 Å². The zero-order valence-corrected chi connectivity index (χ0v) is 16.7. The summed E-state index contributed by atoms with van der Waals surface area (Å²) in [5.41, 5.74) is 5.44. The van der Waals surface area contributed by atoms with Crippen LogP contribution in [0.3, 0.4) is 0 Å². The third-order valence-electron chi connectivity index (χ3n) is 5.27. The number of rotatable bonds is 3. The van der Waals surface area contributed by atoms with Crippen molar-refractivity contribution in [3.8, 4) is 0 Å². The van der Waals surface area contributed by atoms with Gasteiger partial charge in [0.05, 0.1) is 15.6 Å². The molecular formula is C22H17N3O3S. The fourth-order valence-electron chi connectivity index (χ4n) is 3.73. The Morgan fingerprint density at radius 2 is 1.93 bits per heavy atom. The van der Waals surface area contributed by atoms with E-state index in [0.717, 1.165) is 38.6 Å². The third-order valence-corrected chi connectivity index (χ3v) is 6.23. The van der Waals surface area contributed by atoms with Crippen molar-refractivity contribution in [3.63, 3.8) is 0 Å². The van der Waals surface area contributed by atoms with Crippen LogP contribution in [0.4, 0.5) is 0 Å². The molecule has 5 rings (SSSR count). The highest BCUT2D eigenvalue weighted by Gasteiger charge is 2.14. The predicted octanol–water partition coefficient (Wildman–Crippen LogP) is 3.11. The maximum Gasteiger partial charge on any atom is 0.323 e. The predicted molar refractivity (Wildman–Crippen MR) is 115 cm³/mol. The Hall–Kier alpha value is -3.45. The number of para-hydroxylation sites is 1. The normalized spacial score (nSPS) is 12.6. The average Bonchev–Trinajstić information content (AvgIpc) is 3.28. The lowest BCUT2D eigenvalue weighted by molar-refractivity contribution is -0.137. The molecule has 7 heteroatoms. The molecule has 2 aromatic carbocycles. The number of aromatic nitrogens is 3. The Balaban J connectivity index is 1.76. The zero-order chi connectivity index (χ0) is 20.3. The number of nitrogens with zero attached hydrogens (tertiary/aromatic N) is 3. The summed E-state index contributed by atoms with van der Waals surface area (Å²) in [6.07, 6.45) is 3.61. The minimum Gasteiger partial charge on any atom is -0.480 e. The van der Waals surface area contributed by atoms with Crippen LogP contribution >= 0.6 is 11.3 Å². The van der Waals surface area contributed by atoms with E-state index in [2.05, 4.69) is 4.98 Å². The first-order valence-corrected chi connectivity index (χ1v) is 9.97. The molecule has 0 aliphatic rings. The van der Waals surface area contributed by atoms with Crippen molar-refractivity contribution < 1.29 is 9.90 Å². The molecule has 0 aliphatic carbocycles. The number of hydrogen-bond donors (Lipinski definition) is 1. The SMILES string of the molecule is Cc1cc2nc3s/c(=C/c4cn(CC(=O)O)c5ccccc45)c(=O)n3c2cc1C. The van der Waals surface area contributed by atoms with Crippen LogP contribution in [0.2, 0.25) is 0 Å². The molecule has 3 heterocycles. The molecule has 0 radical (unpaired) electrons. The third kappa shape index (κ3) is 2.74. The van der Waals surface area contributed by atoms with Gasteiger partial charge in [0, 0.05) is 22.7 Å². The van der Waals surface area contributed by atoms with E-state index < -0.39 is 5.97 Å². The van der Waals surface area contributed by atoms with Gasteiger partial charge in [-0.25, -0.2) is 9.38 Å². The van der Waals surface area contributed by atoms with Crippen LogP contribution in [0.15, 0.2) is 47.4 Å². The maximum atomic E-state index is 13.1. The quantitative estimate of drug-likeness (QED) is 0.502. The van der Waals surface area contributed by atoms with Gasteiger partial charge in [-0.1, -0.05) is 29.5 Å². The Kier molecular flexibility index (Phi) is 3.82. The summed E-state index contributed by atoms with van der Waals surface area (Å²) >= 11 is 1.35. The molecule has 0 saturated heterocycles. The molecule has 0 aliphatic heterocycles. The molecule has 5 aromatic rings. The lowest BCUT2D eigenvalue weighted by Crippen LogP contribution is -2.22. The monoisotopic (exact) mass is 403 g/mol. The lowest BCUT2D eigenvalue weighted by Gasteiger charge is -1.99. The molecule has 0 spiro atoms. The van der Waals surface area contributed by atoms with Crippen LogP contribution in [0, 0.1) is 13.8 Å². The van der Waals surface area contributed by atoms with Crippen molar-refractivity contribution in [3.05, 3.63) is 74.2 Å². The first-order valence-electron chi connectivity index (χ1n) is 9.16. The number of imidazole rings is 1. The zero-order valence-electron chi connectivity index (χ0n) is 15.8. The van der Waals surface area contributed by atoms with E-state index in [4.69, 9.17) is 0 Å². The van der Waals surface area contributed by atoms with Crippen molar-refractivity contribution in [2.45, 2.75) is 20.4 Å². The highest BCUT2D eigenvalue weighted by Crippen LogP contribution is 2.23. The van der Waals surface area contributed by atoms with Crippen molar-refractivity contribution in [2.24, 2.45) is 0 Å². The number of carbonyl (C=O) groups is 1. The Bertz CT molecular complexity index is 1560. The van der Waals surface area contributed by atoms with E-state index in [9.17, 15) is 14.7 Å². The van der Waals surface area contributed by atoms with Gasteiger partial charge < -0.3 is 9.67 Å². The van der Waals surface area contributed by atoms with E-state index in [1.165, 1.54) is 11.3 Å². The van der Waals surface area contributed by atoms with Gasteiger partial charge in [0.15, 0.2) is 4.96 Å². The summed E-state index contributed by atoms with van der Waals surface area (Å²) in [5, 5.41) is 10.1. The number of hydrogen-bond acceptors (Lipinski definition) is 4. The molecule has 0 saturated carbocycles. The van der Waals surface area contributed by atoms with Gasteiger partial charge in [0.1, 0.15) is 6.54 Å². The van der Waals surface area contributed by atoms with Gasteiger partial charge in [-0.15, -0.1) is 0 Å². The number of carboxylic acids is 1. The van der Waals surface area contributed by atoms with Crippen molar-refractivity contribution in [1.82, 2.24) is 14.0 Å². The molecule has 0 bridgehead atoms. The van der Waals surface area contributed by atoms with Crippen LogP contribution in [0.25, 0.3) is 33.0 Å². The van der Waals surface area contributed by atoms with E-state index in [0.29, 0.717) is 9.49 Å². The van der Waals surface area contributed by atoms with Gasteiger partial charge in [0.2, 0.25) is 0 Å². The molecule has 0 atom stereocenters. The number of aryl methyl sites for hydroxylation is 2. The molecule has 1 N–H and O–H groups in total. The maximum absolute atomic E-state index is 13.1. The smallest absolute Gasteiger partial charge is 0.323 e. The van der Waals surface area contributed by atoms with E-state index in [1.54, 1.807) is 15.2 Å². The van der Waals surface area contributed by atoms with Crippen molar-refractivity contribution in [2.75, 3.05) is 0 Å². The topological polar surface area (TPSA) is 76.6 Å². The summed E-state index contributed by atoms with van der Waals surface area (Å²) in [5.74, 6) is -0.909. The molecule has 6 nitrogen and oxygen atoms in total. The first-order chi connectivity index (χ1) is 13.9. The highest BCUT2D eigenvalue weighted by molar-refractivity contribution is 7.15. The number of thiazole rings is 1. The first kappa shape index (κ1) is 17.6. The van der Waals surface area contributed by atoms with Crippen LogP contribution < -0.4 is 10.1 Å². The summed E-state index contributed by atoms with van der Waals surface area (Å²) < 4.78 is 3.92. The van der Waals surface area contributed by atoms with Gasteiger partial charge >= 0.3 is 5.97 Å². The number of carboxylic acid groups (broad SMARTS) is 1. The van der Waals surface area contributed by atoms with Crippen LogP contribution in [-0.4, -0.2) is 25.0 Å². The summed E-state index contributed by atoms with van der Waals surface area (Å²) in [4.78, 5) is 29.6. The number of benzene rings is 2. The van der Waals surface area contributed by atoms with Crippen LogP contribution in [0.1, 0.15) is 16.7 Å². The largest absolute Gasteiger partial charge is 0.480 e. The molecule has 0 fully saturated rings. The average molecular weight is 403 g/mol. The number of fused-ring (bicyclic) bond motifs is 4. The van der Waals surface area contributed by atoms with Gasteiger partial charge in [-0.05, 0) is 49.2 Å². The summed E-state index contributed by atoms with van der Waals surface area (Å²) in [6.45, 7) is 3.93. The Morgan fingerprint density at radius 3 is 2.72 bits per heavy atom. The second kappa shape index (κ2) is 6.28. The molecular weight excluding hydrogens is 386 g/mol. The second-order valence-corrected chi connectivity index (χ2v) is 8.20. The molecule has 3 aromatic heterocycles. The summed E-state index contributed by atoms with van der Waals surface area (Å²) in [6, 6.07) is 11.6. The fourth-order valence-corrected chi connectivity index (χ4v) is 4.70. The minimum atomic E-state index is -0.909. The molecule has 144 valence electrons. The van der Waals surface area contributed by atoms with E-state index in [1.807, 2.05) is 56.3 Å². The van der Waals surface area contributed by atoms with Crippen molar-refractivity contribution >= 4 is 50.3 Å². The van der Waals surface area contributed by atoms with Crippen molar-refractivity contribution in [1.29, 1.82) is 0 Å². The fraction of sp³-hybridized carbons (Fsp3) is 0.136.